The van der Waals surface area contributed by atoms with E-state index in [4.69, 9.17) is 0 Å². The topological polar surface area (TPSA) is 50.7 Å². The Morgan fingerprint density at radius 3 is 2.95 bits per heavy atom. The van der Waals surface area contributed by atoms with E-state index in [1.807, 2.05) is 11.6 Å². The smallest absolute Gasteiger partial charge is 0.132 e. The molecular formula is C15H20N4S. The van der Waals surface area contributed by atoms with Gasteiger partial charge in [-0.2, -0.15) is 0 Å². The van der Waals surface area contributed by atoms with Crippen molar-refractivity contribution in [2.24, 2.45) is 0 Å². The number of aryl methyl sites for hydroxylation is 1. The van der Waals surface area contributed by atoms with Crippen LogP contribution in [-0.2, 0) is 12.8 Å². The summed E-state index contributed by atoms with van der Waals surface area (Å²) >= 11 is 1.71. The minimum atomic E-state index is 0.409. The molecule has 0 bridgehead atoms. The molecule has 106 valence electrons. The summed E-state index contributed by atoms with van der Waals surface area (Å²) in [5, 5.41) is 6.71. The zero-order valence-corrected chi connectivity index (χ0v) is 12.6. The molecule has 0 fully saturated rings. The van der Waals surface area contributed by atoms with E-state index in [-0.39, 0.29) is 0 Å². The molecule has 0 spiro atoms. The molecule has 5 heteroatoms. The predicted molar refractivity (Wildman–Crippen MR) is 82.3 cm³/mol. The molecule has 2 aromatic rings. The summed E-state index contributed by atoms with van der Waals surface area (Å²) in [6.45, 7) is 3.07. The molecule has 0 amide bonds. The standard InChI is InChI=1S/C15H20N4S/c1-11(15-16-7-8-20-15)9-17-14-12-5-3-2-4-6-13(12)18-10-19-14/h7-8,10-11H,2-6,9H2,1H3,(H,17,18,19). The maximum Gasteiger partial charge on any atom is 0.132 e. The van der Waals surface area contributed by atoms with E-state index in [1.54, 1.807) is 17.7 Å². The van der Waals surface area contributed by atoms with E-state index in [9.17, 15) is 0 Å². The van der Waals surface area contributed by atoms with E-state index in [0.29, 0.717) is 5.92 Å². The Bertz CT molecular complexity index is 553. The molecule has 0 saturated heterocycles. The number of hydrogen-bond donors (Lipinski definition) is 1. The average molecular weight is 288 g/mol. The Labute approximate surface area is 123 Å². The first-order valence-electron chi connectivity index (χ1n) is 7.30. The molecule has 0 radical (unpaired) electrons. The third kappa shape index (κ3) is 2.98. The van der Waals surface area contributed by atoms with Crippen molar-refractivity contribution in [3.05, 3.63) is 34.2 Å². The molecular weight excluding hydrogens is 268 g/mol. The summed E-state index contributed by atoms with van der Waals surface area (Å²) in [4.78, 5) is 13.3. The molecule has 20 heavy (non-hydrogen) atoms. The van der Waals surface area contributed by atoms with Crippen molar-refractivity contribution >= 4 is 17.2 Å². The lowest BCUT2D eigenvalue weighted by atomic mass is 10.1. The normalized spacial score (nSPS) is 16.2. The minimum Gasteiger partial charge on any atom is -0.369 e. The molecule has 2 heterocycles. The van der Waals surface area contributed by atoms with Crippen LogP contribution in [0.2, 0.25) is 0 Å². The third-order valence-electron chi connectivity index (χ3n) is 3.82. The zero-order valence-electron chi connectivity index (χ0n) is 11.8. The maximum absolute atomic E-state index is 4.46. The van der Waals surface area contributed by atoms with Crippen molar-refractivity contribution in [3.63, 3.8) is 0 Å². The molecule has 0 aromatic carbocycles. The van der Waals surface area contributed by atoms with Gasteiger partial charge in [0.15, 0.2) is 0 Å². The number of fused-ring (bicyclic) bond motifs is 1. The number of nitrogens with one attached hydrogen (secondary N) is 1. The Hall–Kier alpha value is -1.49. The van der Waals surface area contributed by atoms with Gasteiger partial charge in [0.2, 0.25) is 0 Å². The number of nitrogens with zero attached hydrogens (tertiary/aromatic N) is 3. The van der Waals surface area contributed by atoms with Gasteiger partial charge in [0, 0.05) is 35.3 Å². The molecule has 4 nitrogen and oxygen atoms in total. The van der Waals surface area contributed by atoms with E-state index in [0.717, 1.165) is 25.2 Å². The highest BCUT2D eigenvalue weighted by atomic mass is 32.1. The van der Waals surface area contributed by atoms with Crippen molar-refractivity contribution in [2.75, 3.05) is 11.9 Å². The summed E-state index contributed by atoms with van der Waals surface area (Å²) in [6, 6.07) is 0. The van der Waals surface area contributed by atoms with Crippen molar-refractivity contribution in [3.8, 4) is 0 Å². The molecule has 1 aliphatic carbocycles. The Morgan fingerprint density at radius 1 is 1.20 bits per heavy atom. The Kier molecular flexibility index (Phi) is 4.25. The lowest BCUT2D eigenvalue weighted by Crippen LogP contribution is -2.13. The van der Waals surface area contributed by atoms with E-state index in [2.05, 4.69) is 27.2 Å². The fourth-order valence-electron chi connectivity index (χ4n) is 2.67. The molecule has 0 aliphatic heterocycles. The summed E-state index contributed by atoms with van der Waals surface area (Å²) in [6.07, 6.45) is 9.55. The summed E-state index contributed by atoms with van der Waals surface area (Å²) in [5.41, 5.74) is 2.57. The number of hydrogen-bond acceptors (Lipinski definition) is 5. The molecule has 0 saturated carbocycles. The maximum atomic E-state index is 4.46. The monoisotopic (exact) mass is 288 g/mol. The van der Waals surface area contributed by atoms with Crippen LogP contribution in [0, 0.1) is 0 Å². The van der Waals surface area contributed by atoms with Crippen LogP contribution in [0.4, 0.5) is 5.82 Å². The molecule has 1 atom stereocenters. The highest BCUT2D eigenvalue weighted by Crippen LogP contribution is 2.25. The molecule has 1 unspecified atom stereocenters. The number of thiazole rings is 1. The van der Waals surface area contributed by atoms with Gasteiger partial charge in [-0.05, 0) is 25.7 Å². The highest BCUT2D eigenvalue weighted by molar-refractivity contribution is 7.09. The van der Waals surface area contributed by atoms with Crippen molar-refractivity contribution in [1.29, 1.82) is 0 Å². The first kappa shape index (κ1) is 13.5. The average Bonchev–Trinajstić information content (AvgIpc) is 2.90. The van der Waals surface area contributed by atoms with Gasteiger partial charge in [0.25, 0.3) is 0 Å². The largest absolute Gasteiger partial charge is 0.369 e. The second-order valence-corrected chi connectivity index (χ2v) is 6.29. The van der Waals surface area contributed by atoms with Gasteiger partial charge < -0.3 is 5.32 Å². The van der Waals surface area contributed by atoms with Crippen LogP contribution in [0.15, 0.2) is 17.9 Å². The van der Waals surface area contributed by atoms with Gasteiger partial charge in [-0.15, -0.1) is 11.3 Å². The van der Waals surface area contributed by atoms with Crippen molar-refractivity contribution in [1.82, 2.24) is 15.0 Å². The van der Waals surface area contributed by atoms with Gasteiger partial charge in [-0.25, -0.2) is 15.0 Å². The number of anilines is 1. The molecule has 3 rings (SSSR count). The highest BCUT2D eigenvalue weighted by Gasteiger charge is 2.15. The lowest BCUT2D eigenvalue weighted by Gasteiger charge is -2.14. The Morgan fingerprint density at radius 2 is 2.10 bits per heavy atom. The van der Waals surface area contributed by atoms with Crippen LogP contribution < -0.4 is 5.32 Å². The second kappa shape index (κ2) is 6.31. The summed E-state index contributed by atoms with van der Waals surface area (Å²) in [5.74, 6) is 1.44. The van der Waals surface area contributed by atoms with E-state index >= 15 is 0 Å². The van der Waals surface area contributed by atoms with Gasteiger partial charge in [0.1, 0.15) is 12.1 Å². The minimum absolute atomic E-state index is 0.409. The second-order valence-electron chi connectivity index (χ2n) is 5.36. The van der Waals surface area contributed by atoms with Crippen LogP contribution >= 0.6 is 11.3 Å². The van der Waals surface area contributed by atoms with Crippen molar-refractivity contribution < 1.29 is 0 Å². The predicted octanol–water partition coefficient (Wildman–Crippen LogP) is 3.42. The fraction of sp³-hybridized carbons (Fsp3) is 0.533. The lowest BCUT2D eigenvalue weighted by molar-refractivity contribution is 0.708. The van der Waals surface area contributed by atoms with Gasteiger partial charge in [0.05, 0.1) is 5.01 Å². The number of aromatic nitrogens is 3. The van der Waals surface area contributed by atoms with Gasteiger partial charge in [-0.3, -0.25) is 0 Å². The van der Waals surface area contributed by atoms with E-state index < -0.39 is 0 Å². The van der Waals surface area contributed by atoms with Crippen molar-refractivity contribution in [2.45, 2.75) is 44.9 Å². The van der Waals surface area contributed by atoms with Crippen LogP contribution in [0.1, 0.15) is 48.4 Å². The van der Waals surface area contributed by atoms with Crippen LogP contribution in [0.5, 0.6) is 0 Å². The van der Waals surface area contributed by atoms with Gasteiger partial charge in [-0.1, -0.05) is 13.3 Å². The quantitative estimate of drug-likeness (QED) is 0.876. The molecule has 1 N–H and O–H groups in total. The summed E-state index contributed by atoms with van der Waals surface area (Å²) < 4.78 is 0. The van der Waals surface area contributed by atoms with Gasteiger partial charge >= 0.3 is 0 Å². The van der Waals surface area contributed by atoms with Crippen LogP contribution in [0.3, 0.4) is 0 Å². The first-order valence-corrected chi connectivity index (χ1v) is 8.18. The Balaban J connectivity index is 1.71. The zero-order chi connectivity index (χ0) is 13.8. The fourth-order valence-corrected chi connectivity index (χ4v) is 3.36. The van der Waals surface area contributed by atoms with Crippen LogP contribution in [0.25, 0.3) is 0 Å². The van der Waals surface area contributed by atoms with E-state index in [1.165, 1.54) is 35.5 Å². The SMILES string of the molecule is CC(CNc1ncnc2c1CCCCC2)c1nccs1. The van der Waals surface area contributed by atoms with Crippen LogP contribution in [-0.4, -0.2) is 21.5 Å². The third-order valence-corrected chi connectivity index (χ3v) is 4.83. The molecule has 1 aliphatic rings. The number of rotatable bonds is 4. The summed E-state index contributed by atoms with van der Waals surface area (Å²) in [7, 11) is 0. The molecule has 2 aromatic heterocycles. The first-order chi connectivity index (χ1) is 9.84.